The fourth-order valence-electron chi connectivity index (χ4n) is 1.85. The highest BCUT2D eigenvalue weighted by Gasteiger charge is 2.11. The molecule has 1 atom stereocenters. The Balaban J connectivity index is 2.16. The number of amides is 1. The van der Waals surface area contributed by atoms with E-state index in [4.69, 9.17) is 0 Å². The number of hydrogen-bond donors (Lipinski definition) is 2. The third kappa shape index (κ3) is 4.27. The first-order valence-electron chi connectivity index (χ1n) is 7.15. The van der Waals surface area contributed by atoms with Crippen molar-refractivity contribution in [2.24, 2.45) is 0 Å². The Bertz CT molecular complexity index is 675. The van der Waals surface area contributed by atoms with Gasteiger partial charge in [0.2, 0.25) is 0 Å². The minimum Gasteiger partial charge on any atom is -0.348 e. The van der Waals surface area contributed by atoms with Crippen molar-refractivity contribution in [1.29, 1.82) is 0 Å². The molecule has 1 aromatic carbocycles. The quantitative estimate of drug-likeness (QED) is 0.848. The number of carbonyl (C=O) groups excluding carboxylic acids is 1. The molecule has 1 heterocycles. The molecular weight excluding hydrogens is 344 g/mol. The molecule has 0 bridgehead atoms. The summed E-state index contributed by atoms with van der Waals surface area (Å²) >= 11 is 3.44. The average Bonchev–Trinajstić information content (AvgIpc) is 2.50. The smallest absolute Gasteiger partial charge is 0.270 e. The van der Waals surface area contributed by atoms with Gasteiger partial charge in [-0.05, 0) is 44.0 Å². The second-order valence-corrected chi connectivity index (χ2v) is 6.07. The van der Waals surface area contributed by atoms with Crippen molar-refractivity contribution in [2.75, 3.05) is 5.32 Å². The maximum atomic E-state index is 12.1. The van der Waals surface area contributed by atoms with E-state index in [2.05, 4.69) is 36.5 Å². The molecule has 0 aliphatic heterocycles. The van der Waals surface area contributed by atoms with Gasteiger partial charge in [0, 0.05) is 22.3 Å². The van der Waals surface area contributed by atoms with Gasteiger partial charge in [-0.1, -0.05) is 22.9 Å². The highest BCUT2D eigenvalue weighted by atomic mass is 79.9. The minimum atomic E-state index is -0.188. The lowest BCUT2D eigenvalue weighted by molar-refractivity contribution is 0.0934. The first kappa shape index (κ1) is 16.4. The number of nitrogens with zero attached hydrogens (tertiary/aromatic N) is 2. The van der Waals surface area contributed by atoms with Gasteiger partial charge in [0.25, 0.3) is 5.91 Å². The summed E-state index contributed by atoms with van der Waals surface area (Å²) in [6.45, 7) is 5.99. The fourth-order valence-corrected chi connectivity index (χ4v) is 2.33. The van der Waals surface area contributed by atoms with Gasteiger partial charge >= 0.3 is 0 Å². The molecule has 6 heteroatoms. The van der Waals surface area contributed by atoms with Crippen LogP contribution in [0.15, 0.2) is 35.1 Å². The van der Waals surface area contributed by atoms with Crippen LogP contribution >= 0.6 is 15.9 Å². The van der Waals surface area contributed by atoms with E-state index in [1.165, 1.54) is 6.33 Å². The van der Waals surface area contributed by atoms with Gasteiger partial charge in [-0.15, -0.1) is 0 Å². The van der Waals surface area contributed by atoms with Gasteiger partial charge in [-0.2, -0.15) is 0 Å². The molecule has 2 rings (SSSR count). The first-order chi connectivity index (χ1) is 10.5. The third-order valence-electron chi connectivity index (χ3n) is 3.34. The SMILES string of the molecule is CCC(C)NC(=O)c1cc(Nc2ccc(Br)cc2C)ncn1. The monoisotopic (exact) mass is 362 g/mol. The van der Waals surface area contributed by atoms with Crippen LogP contribution in [0, 0.1) is 6.92 Å². The van der Waals surface area contributed by atoms with Crippen LogP contribution in [0.5, 0.6) is 0 Å². The summed E-state index contributed by atoms with van der Waals surface area (Å²) in [7, 11) is 0. The van der Waals surface area contributed by atoms with Crippen molar-refractivity contribution in [1.82, 2.24) is 15.3 Å². The van der Waals surface area contributed by atoms with Crippen LogP contribution in [0.2, 0.25) is 0 Å². The van der Waals surface area contributed by atoms with Crippen molar-refractivity contribution in [3.05, 3.63) is 46.3 Å². The summed E-state index contributed by atoms with van der Waals surface area (Å²) in [6.07, 6.45) is 2.27. The maximum Gasteiger partial charge on any atom is 0.270 e. The lowest BCUT2D eigenvalue weighted by atomic mass is 10.2. The van der Waals surface area contributed by atoms with Crippen LogP contribution in [0.1, 0.15) is 36.3 Å². The fraction of sp³-hybridized carbons (Fsp3) is 0.312. The van der Waals surface area contributed by atoms with Crippen LogP contribution < -0.4 is 10.6 Å². The average molecular weight is 363 g/mol. The number of hydrogen-bond acceptors (Lipinski definition) is 4. The number of aryl methyl sites for hydroxylation is 1. The third-order valence-corrected chi connectivity index (χ3v) is 3.83. The Morgan fingerprint density at radius 1 is 1.32 bits per heavy atom. The summed E-state index contributed by atoms with van der Waals surface area (Å²) in [5.41, 5.74) is 2.38. The van der Waals surface area contributed by atoms with Crippen LogP contribution in [-0.4, -0.2) is 21.9 Å². The normalized spacial score (nSPS) is 11.8. The second kappa shape index (κ2) is 7.35. The number of benzene rings is 1. The first-order valence-corrected chi connectivity index (χ1v) is 7.95. The van der Waals surface area contributed by atoms with Crippen LogP contribution in [0.3, 0.4) is 0 Å². The Morgan fingerprint density at radius 2 is 2.09 bits per heavy atom. The van der Waals surface area contributed by atoms with Gasteiger partial charge in [0.15, 0.2) is 0 Å². The van der Waals surface area contributed by atoms with Crippen molar-refractivity contribution in [3.63, 3.8) is 0 Å². The second-order valence-electron chi connectivity index (χ2n) is 5.16. The van der Waals surface area contributed by atoms with Crippen LogP contribution in [0.4, 0.5) is 11.5 Å². The molecule has 0 saturated carbocycles. The Kier molecular flexibility index (Phi) is 5.49. The lowest BCUT2D eigenvalue weighted by Gasteiger charge is -2.12. The number of nitrogens with one attached hydrogen (secondary N) is 2. The van der Waals surface area contributed by atoms with E-state index in [1.54, 1.807) is 6.07 Å². The summed E-state index contributed by atoms with van der Waals surface area (Å²) in [5, 5.41) is 6.10. The standard InChI is InChI=1S/C16H19BrN4O/c1-4-11(3)20-16(22)14-8-15(19-9-18-14)21-13-6-5-12(17)7-10(13)2/h5-9,11H,4H2,1-3H3,(H,20,22)(H,18,19,21). The molecule has 1 unspecified atom stereocenters. The van der Waals surface area contributed by atoms with E-state index in [0.717, 1.165) is 22.1 Å². The molecule has 22 heavy (non-hydrogen) atoms. The molecular formula is C16H19BrN4O. The van der Waals surface area contributed by atoms with Crippen LogP contribution in [0.25, 0.3) is 0 Å². The summed E-state index contributed by atoms with van der Waals surface area (Å²) in [4.78, 5) is 20.3. The molecule has 0 aliphatic carbocycles. The summed E-state index contributed by atoms with van der Waals surface area (Å²) < 4.78 is 1.02. The lowest BCUT2D eigenvalue weighted by Crippen LogP contribution is -2.32. The molecule has 0 spiro atoms. The van der Waals surface area contributed by atoms with Gasteiger partial charge in [-0.25, -0.2) is 9.97 Å². The van der Waals surface area contributed by atoms with E-state index in [-0.39, 0.29) is 11.9 Å². The molecule has 1 amide bonds. The summed E-state index contributed by atoms with van der Waals surface area (Å²) in [6, 6.07) is 7.69. The number of carbonyl (C=O) groups is 1. The molecule has 2 N–H and O–H groups in total. The van der Waals surface area contributed by atoms with Crippen molar-refractivity contribution in [2.45, 2.75) is 33.2 Å². The highest BCUT2D eigenvalue weighted by molar-refractivity contribution is 9.10. The molecule has 0 saturated heterocycles. The molecule has 0 fully saturated rings. The predicted octanol–water partition coefficient (Wildman–Crippen LogP) is 3.82. The number of aromatic nitrogens is 2. The van der Waals surface area contributed by atoms with E-state index in [0.29, 0.717) is 11.5 Å². The zero-order chi connectivity index (χ0) is 16.1. The topological polar surface area (TPSA) is 66.9 Å². The number of anilines is 2. The Hall–Kier alpha value is -1.95. The molecule has 116 valence electrons. The van der Waals surface area contributed by atoms with Crippen LogP contribution in [-0.2, 0) is 0 Å². The number of rotatable bonds is 5. The zero-order valence-corrected chi connectivity index (χ0v) is 14.4. The van der Waals surface area contributed by atoms with Gasteiger partial charge in [-0.3, -0.25) is 4.79 Å². The van der Waals surface area contributed by atoms with E-state index in [9.17, 15) is 4.79 Å². The van der Waals surface area contributed by atoms with Gasteiger partial charge < -0.3 is 10.6 Å². The molecule has 2 aromatic rings. The van der Waals surface area contributed by atoms with Crippen molar-refractivity contribution >= 4 is 33.3 Å². The predicted molar refractivity (Wildman–Crippen MR) is 91.4 cm³/mol. The Morgan fingerprint density at radius 3 is 2.77 bits per heavy atom. The molecule has 5 nitrogen and oxygen atoms in total. The minimum absolute atomic E-state index is 0.118. The van der Waals surface area contributed by atoms with Crippen molar-refractivity contribution < 1.29 is 4.79 Å². The Labute approximate surface area is 138 Å². The highest BCUT2D eigenvalue weighted by Crippen LogP contribution is 2.22. The molecule has 0 aliphatic rings. The maximum absolute atomic E-state index is 12.1. The van der Waals surface area contributed by atoms with E-state index < -0.39 is 0 Å². The molecule has 1 aromatic heterocycles. The molecule has 0 radical (unpaired) electrons. The zero-order valence-electron chi connectivity index (χ0n) is 12.9. The van der Waals surface area contributed by atoms with Gasteiger partial charge in [0.1, 0.15) is 17.8 Å². The van der Waals surface area contributed by atoms with E-state index >= 15 is 0 Å². The summed E-state index contributed by atoms with van der Waals surface area (Å²) in [5.74, 6) is 0.405. The largest absolute Gasteiger partial charge is 0.348 e. The number of halogens is 1. The van der Waals surface area contributed by atoms with Crippen molar-refractivity contribution in [3.8, 4) is 0 Å². The van der Waals surface area contributed by atoms with E-state index in [1.807, 2.05) is 39.0 Å². The van der Waals surface area contributed by atoms with Gasteiger partial charge in [0.05, 0.1) is 0 Å².